The van der Waals surface area contributed by atoms with Gasteiger partial charge in [-0.05, 0) is 60.0 Å². The van der Waals surface area contributed by atoms with E-state index in [-0.39, 0.29) is 24.1 Å². The van der Waals surface area contributed by atoms with E-state index in [4.69, 9.17) is 4.74 Å². The van der Waals surface area contributed by atoms with Crippen molar-refractivity contribution in [2.75, 3.05) is 57.4 Å². The molecule has 0 aliphatic carbocycles. The van der Waals surface area contributed by atoms with Crippen molar-refractivity contribution in [3.05, 3.63) is 0 Å². The molecule has 2 atom stereocenters. The molecule has 0 spiro atoms. The van der Waals surface area contributed by atoms with Gasteiger partial charge in [-0.15, -0.1) is 0 Å². The summed E-state index contributed by atoms with van der Waals surface area (Å²) < 4.78 is 14.6. The molecule has 8 nitrogen and oxygen atoms in total. The topological polar surface area (TPSA) is 85.4 Å². The van der Waals surface area contributed by atoms with E-state index in [0.717, 1.165) is 48.4 Å². The standard InChI is InChI=1S/C14H25NO4S.C10H19NO2S/c1-14(2,3)19-13(17)15-8-5-6-11(15)10-20-9-7-12(16)18-4;1-11-6-3-4-9(11)8-14-7-5-10(12)13-2/h11H,5-10H2,1-4H3;9H,3-8H2,1-2H3/t11-;9-/m00/s1. The van der Waals surface area contributed by atoms with E-state index in [1.165, 1.54) is 33.6 Å². The quantitative estimate of drug-likeness (QED) is 0.240. The molecular formula is C24H44N2O6S2. The summed E-state index contributed by atoms with van der Waals surface area (Å²) in [5.74, 6) is 3.32. The van der Waals surface area contributed by atoms with Crippen LogP contribution in [0.2, 0.25) is 0 Å². The van der Waals surface area contributed by atoms with Crippen molar-refractivity contribution >= 4 is 41.6 Å². The molecular weight excluding hydrogens is 476 g/mol. The molecule has 1 amide bonds. The molecule has 0 aromatic heterocycles. The number of methoxy groups -OCH3 is 2. The average molecular weight is 521 g/mol. The number of carbonyl (C=O) groups excluding carboxylic acids is 3. The van der Waals surface area contributed by atoms with Crippen LogP contribution in [-0.2, 0) is 23.8 Å². The van der Waals surface area contributed by atoms with Gasteiger partial charge in [0.2, 0.25) is 0 Å². The SMILES string of the molecule is COC(=O)CCSC[C@@H]1CCCN1C.COC(=O)CCSC[C@@H]1CCCN1C(=O)OC(C)(C)C. The minimum absolute atomic E-state index is 0.0997. The van der Waals surface area contributed by atoms with Gasteiger partial charge in [-0.25, -0.2) is 4.79 Å². The molecule has 198 valence electrons. The molecule has 2 rings (SSSR count). The first-order chi connectivity index (χ1) is 16.1. The highest BCUT2D eigenvalue weighted by Gasteiger charge is 2.31. The number of thioether (sulfide) groups is 2. The molecule has 0 bridgehead atoms. The molecule has 2 aliphatic heterocycles. The molecule has 2 saturated heterocycles. The van der Waals surface area contributed by atoms with Crippen LogP contribution in [-0.4, -0.2) is 103 Å². The lowest BCUT2D eigenvalue weighted by Crippen LogP contribution is -2.40. The molecule has 34 heavy (non-hydrogen) atoms. The van der Waals surface area contributed by atoms with Crippen LogP contribution < -0.4 is 0 Å². The maximum absolute atomic E-state index is 12.1. The third kappa shape index (κ3) is 13.1. The Morgan fingerprint density at radius 3 is 1.82 bits per heavy atom. The number of rotatable bonds is 10. The number of hydrogen-bond donors (Lipinski definition) is 0. The van der Waals surface area contributed by atoms with Crippen LogP contribution in [0.3, 0.4) is 0 Å². The van der Waals surface area contributed by atoms with Gasteiger partial charge in [0, 0.05) is 41.6 Å². The van der Waals surface area contributed by atoms with Gasteiger partial charge in [0.05, 0.1) is 27.1 Å². The van der Waals surface area contributed by atoms with Crippen molar-refractivity contribution in [3.63, 3.8) is 0 Å². The van der Waals surface area contributed by atoms with Gasteiger partial charge in [-0.2, -0.15) is 23.5 Å². The molecule has 10 heteroatoms. The normalized spacial score (nSPS) is 20.5. The van der Waals surface area contributed by atoms with Gasteiger partial charge in [-0.1, -0.05) is 0 Å². The van der Waals surface area contributed by atoms with Crippen molar-refractivity contribution in [1.82, 2.24) is 9.80 Å². The molecule has 2 aliphatic rings. The molecule has 0 radical (unpaired) electrons. The lowest BCUT2D eigenvalue weighted by Gasteiger charge is -2.28. The second kappa shape index (κ2) is 16.5. The lowest BCUT2D eigenvalue weighted by atomic mass is 10.2. The van der Waals surface area contributed by atoms with Crippen molar-refractivity contribution in [2.24, 2.45) is 0 Å². The van der Waals surface area contributed by atoms with Crippen molar-refractivity contribution < 1.29 is 28.6 Å². The van der Waals surface area contributed by atoms with Crippen LogP contribution in [0.25, 0.3) is 0 Å². The predicted molar refractivity (Wildman–Crippen MR) is 140 cm³/mol. The third-order valence-corrected chi connectivity index (χ3v) is 7.88. The van der Waals surface area contributed by atoms with E-state index >= 15 is 0 Å². The summed E-state index contributed by atoms with van der Waals surface area (Å²) in [6.07, 6.45) is 5.37. The largest absolute Gasteiger partial charge is 0.469 e. The predicted octanol–water partition coefficient (Wildman–Crippen LogP) is 4.06. The Balaban J connectivity index is 0.000000362. The maximum Gasteiger partial charge on any atom is 0.410 e. The van der Waals surface area contributed by atoms with Gasteiger partial charge in [-0.3, -0.25) is 9.59 Å². The minimum atomic E-state index is -0.456. The van der Waals surface area contributed by atoms with Crippen molar-refractivity contribution in [1.29, 1.82) is 0 Å². The zero-order valence-corrected chi connectivity index (χ0v) is 23.4. The molecule has 0 aromatic carbocycles. The Bertz CT molecular complexity index is 629. The number of esters is 2. The fourth-order valence-corrected chi connectivity index (χ4v) is 5.98. The second-order valence-electron chi connectivity index (χ2n) is 9.55. The van der Waals surface area contributed by atoms with Crippen LogP contribution >= 0.6 is 23.5 Å². The Morgan fingerprint density at radius 2 is 1.35 bits per heavy atom. The Hall–Kier alpha value is -1.13. The first kappa shape index (κ1) is 30.9. The fourth-order valence-electron chi connectivity index (χ4n) is 3.71. The van der Waals surface area contributed by atoms with Gasteiger partial charge < -0.3 is 24.0 Å². The molecule has 2 fully saturated rings. The summed E-state index contributed by atoms with van der Waals surface area (Å²) in [7, 11) is 5.02. The third-order valence-electron chi connectivity index (χ3n) is 5.65. The highest BCUT2D eigenvalue weighted by molar-refractivity contribution is 7.99. The zero-order chi connectivity index (χ0) is 25.6. The summed E-state index contributed by atoms with van der Waals surface area (Å²) >= 11 is 3.54. The van der Waals surface area contributed by atoms with E-state index in [9.17, 15) is 14.4 Å². The monoisotopic (exact) mass is 520 g/mol. The van der Waals surface area contributed by atoms with Crippen molar-refractivity contribution in [2.45, 2.75) is 77.0 Å². The number of hydrogen-bond acceptors (Lipinski definition) is 9. The van der Waals surface area contributed by atoms with Crippen LogP contribution in [0, 0.1) is 0 Å². The van der Waals surface area contributed by atoms with E-state index < -0.39 is 5.60 Å². The summed E-state index contributed by atoms with van der Waals surface area (Å²) in [5.41, 5.74) is -0.456. The van der Waals surface area contributed by atoms with Crippen LogP contribution in [0.4, 0.5) is 4.79 Å². The molecule has 0 saturated carbocycles. The number of ether oxygens (including phenoxy) is 3. The van der Waals surface area contributed by atoms with E-state index in [1.807, 2.05) is 37.4 Å². The van der Waals surface area contributed by atoms with Crippen LogP contribution in [0.1, 0.15) is 59.3 Å². The van der Waals surface area contributed by atoms with Crippen molar-refractivity contribution in [3.8, 4) is 0 Å². The molecule has 0 N–H and O–H groups in total. The lowest BCUT2D eigenvalue weighted by molar-refractivity contribution is -0.141. The summed E-state index contributed by atoms with van der Waals surface area (Å²) in [6, 6.07) is 0.935. The number of likely N-dealkylation sites (tertiary alicyclic amines) is 2. The summed E-state index contributed by atoms with van der Waals surface area (Å²) in [4.78, 5) is 38.1. The Morgan fingerprint density at radius 1 is 0.853 bits per heavy atom. The number of nitrogens with zero attached hydrogens (tertiary/aromatic N) is 2. The van der Waals surface area contributed by atoms with Crippen LogP contribution in [0.15, 0.2) is 0 Å². The first-order valence-corrected chi connectivity index (χ1v) is 14.4. The molecule has 0 unspecified atom stereocenters. The highest BCUT2D eigenvalue weighted by atomic mass is 32.2. The minimum Gasteiger partial charge on any atom is -0.469 e. The summed E-state index contributed by atoms with van der Waals surface area (Å²) in [6.45, 7) is 7.61. The average Bonchev–Trinajstić information content (AvgIpc) is 3.42. The second-order valence-corrected chi connectivity index (χ2v) is 11.8. The van der Waals surface area contributed by atoms with E-state index in [1.54, 1.807) is 11.8 Å². The van der Waals surface area contributed by atoms with Gasteiger partial charge in [0.25, 0.3) is 0 Å². The van der Waals surface area contributed by atoms with E-state index in [0.29, 0.717) is 12.8 Å². The fraction of sp³-hybridized carbons (Fsp3) is 0.875. The summed E-state index contributed by atoms with van der Waals surface area (Å²) in [5, 5.41) is 0. The smallest absolute Gasteiger partial charge is 0.410 e. The number of carbonyl (C=O) groups is 3. The zero-order valence-electron chi connectivity index (χ0n) is 21.8. The highest BCUT2D eigenvalue weighted by Crippen LogP contribution is 2.24. The Kier molecular flexibility index (Phi) is 15.0. The Labute approximate surface area is 214 Å². The molecule has 0 aromatic rings. The first-order valence-electron chi connectivity index (χ1n) is 12.1. The maximum atomic E-state index is 12.1. The number of amides is 1. The van der Waals surface area contributed by atoms with Gasteiger partial charge in [0.1, 0.15) is 5.60 Å². The van der Waals surface area contributed by atoms with Crippen LogP contribution in [0.5, 0.6) is 0 Å². The van der Waals surface area contributed by atoms with E-state index in [2.05, 4.69) is 21.4 Å². The van der Waals surface area contributed by atoms with Gasteiger partial charge in [0.15, 0.2) is 0 Å². The molecule has 2 heterocycles. The van der Waals surface area contributed by atoms with Gasteiger partial charge >= 0.3 is 18.0 Å².